The fraction of sp³-hybridized carbons (Fsp3) is 1.00. The Hall–Kier alpha value is 0.310. The van der Waals surface area contributed by atoms with Gasteiger partial charge in [0.05, 0.1) is 0 Å². The van der Waals surface area contributed by atoms with Gasteiger partial charge >= 0.3 is 0 Å². The minimum Gasteiger partial charge on any atom is -0.250 e. The average Bonchev–Trinajstić information content (AvgIpc) is 2.71. The molecular formula is C9H17NS. The van der Waals surface area contributed by atoms with Crippen LogP contribution in [-0.2, 0) is 0 Å². The molecule has 0 N–H and O–H groups in total. The van der Waals surface area contributed by atoms with Crippen LogP contribution in [0.1, 0.15) is 32.6 Å². The van der Waals surface area contributed by atoms with Crippen LogP contribution in [0.15, 0.2) is 0 Å². The van der Waals surface area contributed by atoms with Crippen molar-refractivity contribution in [2.24, 2.45) is 5.92 Å². The molecule has 1 saturated carbocycles. The maximum atomic E-state index is 2.59. The van der Waals surface area contributed by atoms with Crippen LogP contribution in [0.4, 0.5) is 0 Å². The fourth-order valence-electron chi connectivity index (χ4n) is 1.63. The lowest BCUT2D eigenvalue weighted by Gasteiger charge is -2.29. The van der Waals surface area contributed by atoms with Gasteiger partial charge in [0.15, 0.2) is 0 Å². The molecule has 1 aliphatic heterocycles. The lowest BCUT2D eigenvalue weighted by atomic mass is 10.0. The second-order valence-corrected chi connectivity index (χ2v) is 5.33. The molecule has 2 heteroatoms. The molecule has 2 aliphatic rings. The molecule has 0 aromatic rings. The molecule has 64 valence electrons. The Balaban J connectivity index is 1.73. The second kappa shape index (κ2) is 3.36. The molecule has 1 aliphatic carbocycles. The van der Waals surface area contributed by atoms with Gasteiger partial charge in [0.2, 0.25) is 0 Å². The molecule has 0 amide bonds. The number of hydrogen-bond donors (Lipinski definition) is 0. The molecular weight excluding hydrogens is 154 g/mol. The molecule has 11 heavy (non-hydrogen) atoms. The van der Waals surface area contributed by atoms with Crippen LogP contribution in [0, 0.1) is 5.92 Å². The molecule has 0 bridgehead atoms. The molecule has 2 rings (SSSR count). The van der Waals surface area contributed by atoms with Crippen molar-refractivity contribution in [2.75, 3.05) is 13.1 Å². The first-order chi connectivity index (χ1) is 5.34. The van der Waals surface area contributed by atoms with Gasteiger partial charge in [0.25, 0.3) is 0 Å². The first kappa shape index (κ1) is 7.93. The fourth-order valence-corrected chi connectivity index (χ4v) is 2.97. The van der Waals surface area contributed by atoms with Crippen molar-refractivity contribution in [3.8, 4) is 0 Å². The smallest absolute Gasteiger partial charge is 0.0196 e. The van der Waals surface area contributed by atoms with Gasteiger partial charge in [-0.1, -0.05) is 18.9 Å². The summed E-state index contributed by atoms with van der Waals surface area (Å²) >= 11 is 2.12. The summed E-state index contributed by atoms with van der Waals surface area (Å²) in [6, 6.07) is 0. The van der Waals surface area contributed by atoms with E-state index in [1.165, 1.54) is 38.8 Å². The van der Waals surface area contributed by atoms with Gasteiger partial charge in [0.1, 0.15) is 0 Å². The zero-order valence-corrected chi connectivity index (χ0v) is 8.07. The van der Waals surface area contributed by atoms with E-state index < -0.39 is 0 Å². The first-order valence-corrected chi connectivity index (χ1v) is 5.60. The predicted molar refractivity (Wildman–Crippen MR) is 50.6 cm³/mol. The molecule has 0 aromatic heterocycles. The van der Waals surface area contributed by atoms with Crippen molar-refractivity contribution in [3.63, 3.8) is 0 Å². The molecule has 0 radical (unpaired) electrons. The molecule has 0 aromatic carbocycles. The van der Waals surface area contributed by atoms with E-state index in [1.807, 2.05) is 0 Å². The van der Waals surface area contributed by atoms with Crippen molar-refractivity contribution in [2.45, 2.75) is 37.9 Å². The lowest BCUT2D eigenvalue weighted by molar-refractivity contribution is 0.302. The Kier molecular flexibility index (Phi) is 2.42. The predicted octanol–water partition coefficient (Wildman–Crippen LogP) is 2.53. The Bertz CT molecular complexity index is 132. The van der Waals surface area contributed by atoms with Gasteiger partial charge < -0.3 is 0 Å². The van der Waals surface area contributed by atoms with Crippen molar-refractivity contribution in [3.05, 3.63) is 0 Å². The molecule has 2 fully saturated rings. The van der Waals surface area contributed by atoms with E-state index in [4.69, 9.17) is 0 Å². The third-order valence-electron chi connectivity index (χ3n) is 2.44. The summed E-state index contributed by atoms with van der Waals surface area (Å²) < 4.78 is 2.59. The third-order valence-corrected chi connectivity index (χ3v) is 3.84. The van der Waals surface area contributed by atoms with E-state index >= 15 is 0 Å². The highest BCUT2D eigenvalue weighted by atomic mass is 32.2. The summed E-state index contributed by atoms with van der Waals surface area (Å²) in [7, 11) is 0. The van der Waals surface area contributed by atoms with E-state index in [0.29, 0.717) is 0 Å². The van der Waals surface area contributed by atoms with Gasteiger partial charge in [0, 0.05) is 18.3 Å². The SMILES string of the molecule is CC1CCCN(SC2CC2)C1. The molecule has 1 atom stereocenters. The summed E-state index contributed by atoms with van der Waals surface area (Å²) in [5, 5.41) is 1.00. The second-order valence-electron chi connectivity index (χ2n) is 3.94. The topological polar surface area (TPSA) is 3.24 Å². The molecule has 1 saturated heterocycles. The van der Waals surface area contributed by atoms with Crippen LogP contribution < -0.4 is 0 Å². The molecule has 0 spiro atoms. The van der Waals surface area contributed by atoms with Crippen molar-refractivity contribution in [1.29, 1.82) is 0 Å². The van der Waals surface area contributed by atoms with Gasteiger partial charge in [-0.25, -0.2) is 0 Å². The normalized spacial score (nSPS) is 34.1. The van der Waals surface area contributed by atoms with Crippen LogP contribution in [-0.4, -0.2) is 22.6 Å². The highest BCUT2D eigenvalue weighted by Crippen LogP contribution is 2.37. The van der Waals surface area contributed by atoms with Crippen LogP contribution in [0.25, 0.3) is 0 Å². The van der Waals surface area contributed by atoms with E-state index in [2.05, 4.69) is 23.2 Å². The molecule has 1 heterocycles. The highest BCUT2D eigenvalue weighted by Gasteiger charge is 2.27. The van der Waals surface area contributed by atoms with Crippen LogP contribution >= 0.6 is 11.9 Å². The van der Waals surface area contributed by atoms with Gasteiger partial charge in [-0.2, -0.15) is 0 Å². The Morgan fingerprint density at radius 1 is 1.27 bits per heavy atom. The van der Waals surface area contributed by atoms with Gasteiger partial charge in [-0.15, -0.1) is 0 Å². The quantitative estimate of drug-likeness (QED) is 0.587. The summed E-state index contributed by atoms with van der Waals surface area (Å²) in [6.45, 7) is 5.05. The Labute approximate surface area is 73.7 Å². The van der Waals surface area contributed by atoms with E-state index in [1.54, 1.807) is 0 Å². The van der Waals surface area contributed by atoms with Crippen molar-refractivity contribution >= 4 is 11.9 Å². The monoisotopic (exact) mass is 171 g/mol. The van der Waals surface area contributed by atoms with E-state index in [0.717, 1.165) is 11.2 Å². The largest absolute Gasteiger partial charge is 0.250 e. The standard InChI is InChI=1S/C9H17NS/c1-8-3-2-6-10(7-8)11-9-4-5-9/h8-9H,2-7H2,1H3. The van der Waals surface area contributed by atoms with Crippen molar-refractivity contribution < 1.29 is 0 Å². The highest BCUT2D eigenvalue weighted by molar-refractivity contribution is 7.97. The maximum Gasteiger partial charge on any atom is 0.0196 e. The number of hydrogen-bond acceptors (Lipinski definition) is 2. The number of piperidine rings is 1. The Morgan fingerprint density at radius 2 is 2.09 bits per heavy atom. The number of rotatable bonds is 2. The first-order valence-electron chi connectivity index (χ1n) is 4.76. The minimum absolute atomic E-state index is 0.940. The summed E-state index contributed by atoms with van der Waals surface area (Å²) in [6.07, 6.45) is 5.80. The number of nitrogens with zero attached hydrogens (tertiary/aromatic N) is 1. The minimum atomic E-state index is 0.940. The summed E-state index contributed by atoms with van der Waals surface area (Å²) in [5.41, 5.74) is 0. The summed E-state index contributed by atoms with van der Waals surface area (Å²) in [5.74, 6) is 0.940. The van der Waals surface area contributed by atoms with Crippen LogP contribution in [0.3, 0.4) is 0 Å². The van der Waals surface area contributed by atoms with E-state index in [9.17, 15) is 0 Å². The van der Waals surface area contributed by atoms with Gasteiger partial charge in [-0.05, 0) is 31.6 Å². The lowest BCUT2D eigenvalue weighted by Crippen LogP contribution is -2.29. The van der Waals surface area contributed by atoms with Crippen molar-refractivity contribution in [1.82, 2.24) is 4.31 Å². The summed E-state index contributed by atoms with van der Waals surface area (Å²) in [4.78, 5) is 0. The maximum absolute atomic E-state index is 2.59. The Morgan fingerprint density at radius 3 is 2.73 bits per heavy atom. The molecule has 1 unspecified atom stereocenters. The molecule has 1 nitrogen and oxygen atoms in total. The van der Waals surface area contributed by atoms with Crippen LogP contribution in [0.2, 0.25) is 0 Å². The van der Waals surface area contributed by atoms with Gasteiger partial charge in [-0.3, -0.25) is 4.31 Å². The third kappa shape index (κ3) is 2.38. The zero-order chi connectivity index (χ0) is 7.68. The van der Waals surface area contributed by atoms with E-state index in [-0.39, 0.29) is 0 Å². The zero-order valence-electron chi connectivity index (χ0n) is 7.25. The average molecular weight is 171 g/mol. The van der Waals surface area contributed by atoms with Crippen LogP contribution in [0.5, 0.6) is 0 Å².